The predicted octanol–water partition coefficient (Wildman–Crippen LogP) is 6.72. The van der Waals surface area contributed by atoms with Gasteiger partial charge in [0.1, 0.15) is 0 Å². The van der Waals surface area contributed by atoms with Gasteiger partial charge in [0.2, 0.25) is 5.91 Å². The van der Waals surface area contributed by atoms with Gasteiger partial charge in [-0.3, -0.25) is 9.59 Å². The second-order valence-electron chi connectivity index (χ2n) is 11.4. The standard InChI is InChI=1S/C33H34N2O4/c36-30(34-27-10-5-6-23(18-27)19-33(16-17-33)32(38)39)29(24-7-1-2-8-24)25-14-12-22(13-15-25)20-35-21-26-9-3-4-11-28(26)31(35)37/h3-6,9-15,18,21,24,29,37H,1-2,7-8,16-17,19-20H2,(H,34,36)(H,38,39). The van der Waals surface area contributed by atoms with Crippen molar-refractivity contribution in [2.75, 3.05) is 5.32 Å². The van der Waals surface area contributed by atoms with Crippen LogP contribution in [0.3, 0.4) is 0 Å². The molecule has 0 radical (unpaired) electrons. The number of carbonyl (C=O) groups is 2. The molecule has 0 aliphatic heterocycles. The van der Waals surface area contributed by atoms with Gasteiger partial charge in [0.25, 0.3) is 0 Å². The van der Waals surface area contributed by atoms with E-state index in [-0.39, 0.29) is 17.7 Å². The summed E-state index contributed by atoms with van der Waals surface area (Å²) in [5, 5.41) is 25.2. The molecule has 39 heavy (non-hydrogen) atoms. The third-order valence-corrected chi connectivity index (χ3v) is 8.66. The lowest BCUT2D eigenvalue weighted by atomic mass is 9.83. The number of carboxylic acid groups (broad SMARTS) is 1. The highest BCUT2D eigenvalue weighted by atomic mass is 16.4. The predicted molar refractivity (Wildman–Crippen MR) is 152 cm³/mol. The van der Waals surface area contributed by atoms with Crippen molar-refractivity contribution in [2.24, 2.45) is 11.3 Å². The van der Waals surface area contributed by atoms with E-state index in [0.717, 1.165) is 53.1 Å². The Hall–Kier alpha value is -4.06. The molecule has 6 nitrogen and oxygen atoms in total. The molecular formula is C33H34N2O4. The molecule has 2 saturated carbocycles. The molecule has 0 spiro atoms. The highest BCUT2D eigenvalue weighted by Crippen LogP contribution is 2.48. The molecule has 1 unspecified atom stereocenters. The van der Waals surface area contributed by atoms with Gasteiger partial charge in [-0.05, 0) is 72.9 Å². The molecule has 1 aromatic heterocycles. The number of nitrogens with one attached hydrogen (secondary N) is 1. The maximum atomic E-state index is 13.7. The normalized spacial score (nSPS) is 17.2. The lowest BCUT2D eigenvalue weighted by Crippen LogP contribution is -2.26. The van der Waals surface area contributed by atoms with Crippen molar-refractivity contribution in [3.8, 4) is 5.88 Å². The van der Waals surface area contributed by atoms with Crippen LogP contribution in [-0.4, -0.2) is 26.7 Å². The number of hydrogen-bond donors (Lipinski definition) is 3. The maximum Gasteiger partial charge on any atom is 0.309 e. The Bertz CT molecular complexity index is 1510. The van der Waals surface area contributed by atoms with Gasteiger partial charge in [-0.2, -0.15) is 0 Å². The number of fused-ring (bicyclic) bond motifs is 1. The number of aromatic nitrogens is 1. The number of nitrogens with zero attached hydrogens (tertiary/aromatic N) is 1. The fraction of sp³-hybridized carbons (Fsp3) is 0.333. The van der Waals surface area contributed by atoms with Gasteiger partial charge < -0.3 is 20.1 Å². The smallest absolute Gasteiger partial charge is 0.309 e. The van der Waals surface area contributed by atoms with E-state index in [1.807, 2.05) is 59.3 Å². The number of carbonyl (C=O) groups excluding carboxylic acids is 1. The van der Waals surface area contributed by atoms with Crippen molar-refractivity contribution < 1.29 is 19.8 Å². The van der Waals surface area contributed by atoms with Crippen LogP contribution in [0.1, 0.15) is 61.1 Å². The zero-order chi connectivity index (χ0) is 27.0. The van der Waals surface area contributed by atoms with Gasteiger partial charge in [-0.15, -0.1) is 0 Å². The lowest BCUT2D eigenvalue weighted by molar-refractivity contribution is -0.143. The zero-order valence-electron chi connectivity index (χ0n) is 22.0. The van der Waals surface area contributed by atoms with Gasteiger partial charge in [0.05, 0.1) is 17.9 Å². The Morgan fingerprint density at radius 2 is 1.69 bits per heavy atom. The Balaban J connectivity index is 1.20. The molecule has 1 atom stereocenters. The summed E-state index contributed by atoms with van der Waals surface area (Å²) in [6.45, 7) is 0.547. The zero-order valence-corrected chi connectivity index (χ0v) is 22.0. The topological polar surface area (TPSA) is 91.6 Å². The third-order valence-electron chi connectivity index (χ3n) is 8.66. The average Bonchev–Trinajstić information content (AvgIpc) is 3.39. The molecule has 200 valence electrons. The van der Waals surface area contributed by atoms with Gasteiger partial charge in [-0.1, -0.05) is 67.4 Å². The maximum absolute atomic E-state index is 13.7. The number of aliphatic carboxylic acids is 1. The quantitative estimate of drug-likeness (QED) is 0.228. The summed E-state index contributed by atoms with van der Waals surface area (Å²) in [5.74, 6) is -0.445. The number of aromatic hydroxyl groups is 1. The summed E-state index contributed by atoms with van der Waals surface area (Å²) in [6.07, 6.45) is 8.21. The Morgan fingerprint density at radius 1 is 0.949 bits per heavy atom. The van der Waals surface area contributed by atoms with Crippen molar-refractivity contribution in [1.82, 2.24) is 4.57 Å². The molecule has 0 saturated heterocycles. The number of carboxylic acids is 1. The Morgan fingerprint density at radius 3 is 2.38 bits per heavy atom. The molecule has 6 rings (SSSR count). The van der Waals surface area contributed by atoms with Crippen LogP contribution in [0.2, 0.25) is 0 Å². The summed E-state index contributed by atoms with van der Waals surface area (Å²) < 4.78 is 1.85. The number of benzene rings is 3. The second-order valence-corrected chi connectivity index (χ2v) is 11.4. The second kappa shape index (κ2) is 10.3. The fourth-order valence-electron chi connectivity index (χ4n) is 6.26. The van der Waals surface area contributed by atoms with Crippen molar-refractivity contribution in [1.29, 1.82) is 0 Å². The molecule has 3 aromatic carbocycles. The van der Waals surface area contributed by atoms with E-state index in [4.69, 9.17) is 0 Å². The first-order chi connectivity index (χ1) is 18.9. The van der Waals surface area contributed by atoms with Crippen LogP contribution in [0.4, 0.5) is 5.69 Å². The van der Waals surface area contributed by atoms with Crippen LogP contribution >= 0.6 is 0 Å². The van der Waals surface area contributed by atoms with E-state index in [1.165, 1.54) is 0 Å². The molecule has 4 aromatic rings. The minimum atomic E-state index is -0.734. The van der Waals surface area contributed by atoms with Crippen molar-refractivity contribution >= 4 is 28.3 Å². The van der Waals surface area contributed by atoms with Gasteiger partial charge in [0, 0.05) is 22.7 Å². The molecule has 2 fully saturated rings. The largest absolute Gasteiger partial charge is 0.494 e. The van der Waals surface area contributed by atoms with Crippen molar-refractivity contribution in [3.05, 3.63) is 95.7 Å². The first kappa shape index (κ1) is 25.2. The first-order valence-electron chi connectivity index (χ1n) is 13.9. The van der Waals surface area contributed by atoms with E-state index < -0.39 is 11.4 Å². The summed E-state index contributed by atoms with van der Waals surface area (Å²) in [6, 6.07) is 23.6. The van der Waals surface area contributed by atoms with Crippen LogP contribution < -0.4 is 5.32 Å². The lowest BCUT2D eigenvalue weighted by Gasteiger charge is -2.24. The number of anilines is 1. The highest BCUT2D eigenvalue weighted by molar-refractivity contribution is 5.96. The van der Waals surface area contributed by atoms with E-state index >= 15 is 0 Å². The van der Waals surface area contributed by atoms with Crippen molar-refractivity contribution in [2.45, 2.75) is 57.4 Å². The molecule has 0 bridgehead atoms. The van der Waals surface area contributed by atoms with Crippen LogP contribution in [-0.2, 0) is 22.6 Å². The molecule has 2 aliphatic rings. The molecule has 6 heteroatoms. The van der Waals surface area contributed by atoms with Crippen LogP contribution in [0.15, 0.2) is 79.0 Å². The number of rotatable bonds is 9. The van der Waals surface area contributed by atoms with Gasteiger partial charge in [-0.25, -0.2) is 0 Å². The molecule has 3 N–H and O–H groups in total. The Labute approximate surface area is 228 Å². The summed E-state index contributed by atoms with van der Waals surface area (Å²) in [4.78, 5) is 25.3. The SMILES string of the molecule is O=C(Nc1cccc(CC2(C(=O)O)CC2)c1)C(c1ccc(Cn2cc3ccccc3c2O)cc1)C1CCCC1. The van der Waals surface area contributed by atoms with Crippen LogP contribution in [0.25, 0.3) is 10.8 Å². The average molecular weight is 523 g/mol. The monoisotopic (exact) mass is 522 g/mol. The van der Waals surface area contributed by atoms with Gasteiger partial charge >= 0.3 is 5.97 Å². The number of hydrogen-bond acceptors (Lipinski definition) is 3. The molecule has 1 amide bonds. The van der Waals surface area contributed by atoms with E-state index in [2.05, 4.69) is 29.6 Å². The third kappa shape index (κ3) is 5.16. The fourth-order valence-corrected chi connectivity index (χ4v) is 6.26. The summed E-state index contributed by atoms with van der Waals surface area (Å²) in [7, 11) is 0. The van der Waals surface area contributed by atoms with E-state index in [0.29, 0.717) is 37.4 Å². The highest BCUT2D eigenvalue weighted by Gasteiger charge is 2.50. The molecule has 1 heterocycles. The summed E-state index contributed by atoms with van der Waals surface area (Å²) in [5.41, 5.74) is 3.08. The minimum Gasteiger partial charge on any atom is -0.494 e. The van der Waals surface area contributed by atoms with Crippen molar-refractivity contribution in [3.63, 3.8) is 0 Å². The van der Waals surface area contributed by atoms with Crippen LogP contribution in [0, 0.1) is 11.3 Å². The Kier molecular flexibility index (Phi) is 6.63. The minimum absolute atomic E-state index is 0.0135. The van der Waals surface area contributed by atoms with E-state index in [1.54, 1.807) is 0 Å². The number of amides is 1. The van der Waals surface area contributed by atoms with Gasteiger partial charge in [0.15, 0.2) is 5.88 Å². The first-order valence-corrected chi connectivity index (χ1v) is 13.9. The molecule has 2 aliphatic carbocycles. The van der Waals surface area contributed by atoms with Crippen LogP contribution in [0.5, 0.6) is 5.88 Å². The van der Waals surface area contributed by atoms with E-state index in [9.17, 15) is 19.8 Å². The molecular weight excluding hydrogens is 488 g/mol. The summed E-state index contributed by atoms with van der Waals surface area (Å²) >= 11 is 0.